The van der Waals surface area contributed by atoms with Crippen molar-refractivity contribution >= 4 is 30.7 Å². The van der Waals surface area contributed by atoms with Gasteiger partial charge in [-0.25, -0.2) is 0 Å². The minimum Gasteiger partial charge on any atom is -0.353 e. The summed E-state index contributed by atoms with van der Waals surface area (Å²) >= 11 is 0. The van der Waals surface area contributed by atoms with Crippen LogP contribution in [0.15, 0.2) is 12.4 Å². The second-order valence-corrected chi connectivity index (χ2v) is 6.48. The van der Waals surface area contributed by atoms with Gasteiger partial charge < -0.3 is 10.6 Å². The van der Waals surface area contributed by atoms with Crippen molar-refractivity contribution in [1.82, 2.24) is 25.3 Å². The average Bonchev–Trinajstić information content (AvgIpc) is 2.92. The van der Waals surface area contributed by atoms with E-state index < -0.39 is 0 Å². The third kappa shape index (κ3) is 6.24. The number of carbonyl (C=O) groups is 1. The molecular weight excluding hydrogens is 349 g/mol. The van der Waals surface area contributed by atoms with E-state index >= 15 is 0 Å². The highest BCUT2D eigenvalue weighted by Crippen LogP contribution is 2.18. The Labute approximate surface area is 157 Å². The highest BCUT2D eigenvalue weighted by Gasteiger charge is 2.23. The molecule has 0 aromatic carbocycles. The van der Waals surface area contributed by atoms with E-state index in [1.807, 2.05) is 13.2 Å². The Kier molecular flexibility index (Phi) is 10.6. The summed E-state index contributed by atoms with van der Waals surface area (Å²) in [4.78, 5) is 14.9. The molecule has 2 unspecified atom stereocenters. The predicted octanol–water partition coefficient (Wildman–Crippen LogP) is 1.76. The predicted molar refractivity (Wildman–Crippen MR) is 102 cm³/mol. The fourth-order valence-electron chi connectivity index (χ4n) is 2.99. The van der Waals surface area contributed by atoms with Crippen molar-refractivity contribution in [2.75, 3.05) is 26.7 Å². The molecule has 1 aromatic heterocycles. The number of halogens is 2. The zero-order valence-corrected chi connectivity index (χ0v) is 16.6. The number of carbonyl (C=O) groups excluding carboxylic acids is 1. The summed E-state index contributed by atoms with van der Waals surface area (Å²) in [7, 11) is 3.65. The summed E-state index contributed by atoms with van der Waals surface area (Å²) in [6.07, 6.45) is 6.12. The van der Waals surface area contributed by atoms with E-state index in [1.54, 1.807) is 17.9 Å². The van der Waals surface area contributed by atoms with E-state index in [0.717, 1.165) is 24.6 Å². The Bertz CT molecular complexity index is 489. The van der Waals surface area contributed by atoms with E-state index in [2.05, 4.69) is 34.5 Å². The first kappa shape index (κ1) is 23.2. The van der Waals surface area contributed by atoms with Gasteiger partial charge in [-0.15, -0.1) is 24.8 Å². The molecule has 140 valence electrons. The Balaban J connectivity index is 0.00000264. The molecule has 6 nitrogen and oxygen atoms in total. The SMILES string of the molecule is CNC(C(=O)NCC(C)N1CCC(C)CC1)c1cnn(C)c1.Cl.Cl. The number of aryl methyl sites for hydroxylation is 1. The van der Waals surface area contributed by atoms with E-state index in [1.165, 1.54) is 12.8 Å². The first-order chi connectivity index (χ1) is 10.5. The van der Waals surface area contributed by atoms with Gasteiger partial charge in [-0.2, -0.15) is 5.10 Å². The Morgan fingerprint density at radius 2 is 2.00 bits per heavy atom. The summed E-state index contributed by atoms with van der Waals surface area (Å²) in [5.74, 6) is 0.838. The molecule has 2 heterocycles. The van der Waals surface area contributed by atoms with E-state index in [0.29, 0.717) is 12.6 Å². The van der Waals surface area contributed by atoms with E-state index in [9.17, 15) is 4.79 Å². The van der Waals surface area contributed by atoms with Gasteiger partial charge in [-0.3, -0.25) is 14.4 Å². The molecule has 2 N–H and O–H groups in total. The third-order valence-corrected chi connectivity index (χ3v) is 4.62. The number of nitrogens with one attached hydrogen (secondary N) is 2. The molecule has 1 aromatic rings. The molecule has 2 atom stereocenters. The van der Waals surface area contributed by atoms with Crippen LogP contribution in [0.1, 0.15) is 38.3 Å². The van der Waals surface area contributed by atoms with Gasteiger partial charge in [-0.05, 0) is 45.8 Å². The molecule has 1 fully saturated rings. The lowest BCUT2D eigenvalue weighted by molar-refractivity contribution is -0.123. The van der Waals surface area contributed by atoms with Crippen LogP contribution >= 0.6 is 24.8 Å². The molecule has 1 amide bonds. The number of amides is 1. The maximum Gasteiger partial charge on any atom is 0.241 e. The maximum absolute atomic E-state index is 12.4. The number of likely N-dealkylation sites (N-methyl/N-ethyl adjacent to an activating group) is 1. The lowest BCUT2D eigenvalue weighted by Gasteiger charge is -2.35. The minimum absolute atomic E-state index is 0. The van der Waals surface area contributed by atoms with Gasteiger partial charge in [0.1, 0.15) is 6.04 Å². The molecule has 1 saturated heterocycles. The summed E-state index contributed by atoms with van der Waals surface area (Å²) in [6.45, 7) is 7.46. The number of rotatable bonds is 6. The molecule has 0 aliphatic carbocycles. The number of nitrogens with zero attached hydrogens (tertiary/aromatic N) is 3. The first-order valence-electron chi connectivity index (χ1n) is 8.18. The molecular formula is C16H31Cl2N5O. The van der Waals surface area contributed by atoms with Gasteiger partial charge in [0.25, 0.3) is 0 Å². The molecule has 1 aliphatic rings. The molecule has 1 aliphatic heterocycles. The summed E-state index contributed by atoms with van der Waals surface area (Å²) in [5, 5.41) is 10.3. The van der Waals surface area contributed by atoms with Gasteiger partial charge in [0.2, 0.25) is 5.91 Å². The standard InChI is InChI=1S/C16H29N5O.2ClH/c1-12-5-7-21(8-6-12)13(2)9-18-16(22)15(17-3)14-10-19-20(4)11-14;;/h10-13,15,17H,5-9H2,1-4H3,(H,18,22);2*1H. The average molecular weight is 380 g/mol. The van der Waals surface area contributed by atoms with Crippen LogP contribution in [-0.4, -0.2) is 53.3 Å². The lowest BCUT2D eigenvalue weighted by atomic mass is 9.98. The fourth-order valence-corrected chi connectivity index (χ4v) is 2.99. The van der Waals surface area contributed by atoms with Crippen molar-refractivity contribution in [3.63, 3.8) is 0 Å². The smallest absolute Gasteiger partial charge is 0.241 e. The lowest BCUT2D eigenvalue weighted by Crippen LogP contribution is -2.47. The van der Waals surface area contributed by atoms with E-state index in [4.69, 9.17) is 0 Å². The minimum atomic E-state index is -0.345. The van der Waals surface area contributed by atoms with Crippen molar-refractivity contribution in [2.24, 2.45) is 13.0 Å². The Morgan fingerprint density at radius 3 is 2.50 bits per heavy atom. The number of hydrogen-bond donors (Lipinski definition) is 2. The van der Waals surface area contributed by atoms with Crippen molar-refractivity contribution in [1.29, 1.82) is 0 Å². The number of aromatic nitrogens is 2. The topological polar surface area (TPSA) is 62.2 Å². The second kappa shape index (κ2) is 10.9. The fraction of sp³-hybridized carbons (Fsp3) is 0.750. The molecule has 0 spiro atoms. The van der Waals surface area contributed by atoms with Gasteiger partial charge in [-0.1, -0.05) is 6.92 Å². The Morgan fingerprint density at radius 1 is 1.38 bits per heavy atom. The van der Waals surface area contributed by atoms with E-state index in [-0.39, 0.29) is 36.8 Å². The van der Waals surface area contributed by atoms with Crippen LogP contribution in [0, 0.1) is 5.92 Å². The van der Waals surface area contributed by atoms with Gasteiger partial charge in [0, 0.05) is 31.4 Å². The van der Waals surface area contributed by atoms with Gasteiger partial charge >= 0.3 is 0 Å². The summed E-state index contributed by atoms with van der Waals surface area (Å²) in [6, 6.07) is 0.0325. The molecule has 0 radical (unpaired) electrons. The molecule has 8 heteroatoms. The molecule has 24 heavy (non-hydrogen) atoms. The van der Waals surface area contributed by atoms with Gasteiger partial charge in [0.05, 0.1) is 6.20 Å². The highest BCUT2D eigenvalue weighted by atomic mass is 35.5. The number of likely N-dealkylation sites (tertiary alicyclic amines) is 1. The quantitative estimate of drug-likeness (QED) is 0.790. The van der Waals surface area contributed by atoms with Crippen molar-refractivity contribution in [3.05, 3.63) is 18.0 Å². The summed E-state index contributed by atoms with van der Waals surface area (Å²) < 4.78 is 1.71. The largest absolute Gasteiger partial charge is 0.353 e. The van der Waals surface area contributed by atoms with Crippen molar-refractivity contribution < 1.29 is 4.79 Å². The maximum atomic E-state index is 12.4. The second-order valence-electron chi connectivity index (χ2n) is 6.48. The molecule has 2 rings (SSSR count). The van der Waals surface area contributed by atoms with Crippen molar-refractivity contribution in [2.45, 2.75) is 38.8 Å². The van der Waals surface area contributed by atoms with Crippen LogP contribution in [0.25, 0.3) is 0 Å². The summed E-state index contributed by atoms with van der Waals surface area (Å²) in [5.41, 5.74) is 0.891. The zero-order chi connectivity index (χ0) is 16.1. The van der Waals surface area contributed by atoms with Crippen LogP contribution in [0.3, 0.4) is 0 Å². The van der Waals surface area contributed by atoms with Crippen molar-refractivity contribution in [3.8, 4) is 0 Å². The van der Waals surface area contributed by atoms with Crippen LogP contribution in [0.2, 0.25) is 0 Å². The monoisotopic (exact) mass is 379 g/mol. The molecule has 0 bridgehead atoms. The zero-order valence-electron chi connectivity index (χ0n) is 15.0. The van der Waals surface area contributed by atoms with Gasteiger partial charge in [0.15, 0.2) is 0 Å². The van der Waals surface area contributed by atoms with Crippen LogP contribution in [0.4, 0.5) is 0 Å². The first-order valence-corrected chi connectivity index (χ1v) is 8.18. The van der Waals surface area contributed by atoms with Crippen LogP contribution in [-0.2, 0) is 11.8 Å². The number of hydrogen-bond acceptors (Lipinski definition) is 4. The van der Waals surface area contributed by atoms with Crippen LogP contribution < -0.4 is 10.6 Å². The third-order valence-electron chi connectivity index (χ3n) is 4.62. The highest BCUT2D eigenvalue weighted by molar-refractivity contribution is 5.85. The number of piperidine rings is 1. The Hall–Kier alpha value is -0.820. The van der Waals surface area contributed by atoms with Crippen LogP contribution in [0.5, 0.6) is 0 Å². The normalized spacial score (nSPS) is 18.2. The molecule has 0 saturated carbocycles.